The lowest BCUT2D eigenvalue weighted by Gasteiger charge is -2.15. The maximum atomic E-state index is 12.5. The van der Waals surface area contributed by atoms with Gasteiger partial charge in [-0.25, -0.2) is 4.79 Å². The third-order valence-electron chi connectivity index (χ3n) is 3.39. The summed E-state index contributed by atoms with van der Waals surface area (Å²) in [6.45, 7) is 2.61. The van der Waals surface area contributed by atoms with Crippen LogP contribution in [0.15, 0.2) is 18.2 Å². The van der Waals surface area contributed by atoms with Crippen molar-refractivity contribution >= 4 is 11.7 Å². The average Bonchev–Trinajstić information content (AvgIpc) is 3.04. The summed E-state index contributed by atoms with van der Waals surface area (Å²) in [5, 5.41) is 11.9. The molecule has 0 heterocycles. The Morgan fingerprint density at radius 2 is 2.05 bits per heavy atom. The highest BCUT2D eigenvalue weighted by molar-refractivity contribution is 5.94. The van der Waals surface area contributed by atoms with Crippen LogP contribution in [0.4, 0.5) is 18.9 Å². The second-order valence-electron chi connectivity index (χ2n) is 5.23. The van der Waals surface area contributed by atoms with Crippen molar-refractivity contribution in [2.24, 2.45) is 5.41 Å². The highest BCUT2D eigenvalue weighted by Crippen LogP contribution is 2.45. The number of hydrogen-bond donors (Lipinski definition) is 2. The predicted octanol–water partition coefficient (Wildman–Crippen LogP) is 3.62. The van der Waals surface area contributed by atoms with E-state index in [1.54, 1.807) is 0 Å². The summed E-state index contributed by atoms with van der Waals surface area (Å²) >= 11 is 0. The van der Waals surface area contributed by atoms with Crippen LogP contribution in [-0.2, 0) is 6.18 Å². The van der Waals surface area contributed by atoms with Gasteiger partial charge in [-0.2, -0.15) is 13.2 Å². The first kappa shape index (κ1) is 13.7. The normalized spacial score (nSPS) is 17.1. The summed E-state index contributed by atoms with van der Waals surface area (Å²) in [6, 6.07) is 2.74. The zero-order valence-corrected chi connectivity index (χ0v) is 10.3. The van der Waals surface area contributed by atoms with Gasteiger partial charge in [0, 0.05) is 12.2 Å². The van der Waals surface area contributed by atoms with Crippen LogP contribution >= 0.6 is 0 Å². The number of halogens is 3. The molecule has 2 rings (SSSR count). The number of benzene rings is 1. The number of carboxylic acid groups (broad SMARTS) is 1. The minimum absolute atomic E-state index is 0.137. The van der Waals surface area contributed by atoms with Gasteiger partial charge in [-0.3, -0.25) is 0 Å². The Hall–Kier alpha value is -1.72. The summed E-state index contributed by atoms with van der Waals surface area (Å²) in [5.41, 5.74) is -0.931. The molecule has 104 valence electrons. The zero-order valence-electron chi connectivity index (χ0n) is 10.3. The minimum Gasteiger partial charge on any atom is -0.478 e. The third kappa shape index (κ3) is 3.19. The van der Waals surface area contributed by atoms with Gasteiger partial charge >= 0.3 is 12.1 Å². The van der Waals surface area contributed by atoms with Crippen molar-refractivity contribution in [2.75, 3.05) is 11.9 Å². The molecule has 1 saturated carbocycles. The van der Waals surface area contributed by atoms with E-state index in [4.69, 9.17) is 5.11 Å². The molecule has 0 spiro atoms. The van der Waals surface area contributed by atoms with Crippen LogP contribution in [-0.4, -0.2) is 17.6 Å². The van der Waals surface area contributed by atoms with Crippen molar-refractivity contribution in [3.63, 3.8) is 0 Å². The maximum absolute atomic E-state index is 12.5. The maximum Gasteiger partial charge on any atom is 0.416 e. The highest BCUT2D eigenvalue weighted by Gasteiger charge is 2.37. The molecule has 1 aromatic carbocycles. The van der Waals surface area contributed by atoms with Crippen LogP contribution in [0, 0.1) is 5.41 Å². The van der Waals surface area contributed by atoms with Crippen LogP contribution in [0.5, 0.6) is 0 Å². The molecule has 0 aliphatic heterocycles. The minimum atomic E-state index is -4.54. The standard InChI is InChI=1S/C13H14F3NO2/c1-12(4-5-12)7-17-10-3-2-8(13(14,15)16)6-9(10)11(18)19/h2-3,6,17H,4-5,7H2,1H3,(H,18,19). The molecule has 0 unspecified atom stereocenters. The third-order valence-corrected chi connectivity index (χ3v) is 3.39. The molecular formula is C13H14F3NO2. The first-order valence-electron chi connectivity index (χ1n) is 5.90. The molecule has 2 N–H and O–H groups in total. The quantitative estimate of drug-likeness (QED) is 0.881. The molecule has 1 aromatic rings. The highest BCUT2D eigenvalue weighted by atomic mass is 19.4. The van der Waals surface area contributed by atoms with E-state index in [-0.39, 0.29) is 16.7 Å². The van der Waals surface area contributed by atoms with E-state index in [1.807, 2.05) is 6.92 Å². The molecule has 0 atom stereocenters. The van der Waals surface area contributed by atoms with Gasteiger partial charge in [-0.1, -0.05) is 6.92 Å². The number of hydrogen-bond acceptors (Lipinski definition) is 2. The van der Waals surface area contributed by atoms with Gasteiger partial charge in [0.2, 0.25) is 0 Å². The Kier molecular flexibility index (Phi) is 3.20. The van der Waals surface area contributed by atoms with E-state index in [1.165, 1.54) is 6.07 Å². The fourth-order valence-corrected chi connectivity index (χ4v) is 1.75. The Morgan fingerprint density at radius 1 is 1.42 bits per heavy atom. The number of carbonyl (C=O) groups is 1. The summed E-state index contributed by atoms with van der Waals surface area (Å²) in [4.78, 5) is 11.0. The Balaban J connectivity index is 2.25. The number of nitrogens with one attached hydrogen (secondary N) is 1. The van der Waals surface area contributed by atoms with Crippen molar-refractivity contribution < 1.29 is 23.1 Å². The average molecular weight is 273 g/mol. The van der Waals surface area contributed by atoms with E-state index in [0.29, 0.717) is 12.6 Å². The predicted molar refractivity (Wildman–Crippen MR) is 64.2 cm³/mol. The largest absolute Gasteiger partial charge is 0.478 e. The molecule has 0 radical (unpaired) electrons. The fourth-order valence-electron chi connectivity index (χ4n) is 1.75. The Labute approximate surface area is 108 Å². The first-order valence-corrected chi connectivity index (χ1v) is 5.90. The van der Waals surface area contributed by atoms with Crippen molar-refractivity contribution in [1.29, 1.82) is 0 Å². The van der Waals surface area contributed by atoms with Crippen molar-refractivity contribution in [1.82, 2.24) is 0 Å². The molecular weight excluding hydrogens is 259 g/mol. The van der Waals surface area contributed by atoms with E-state index in [2.05, 4.69) is 5.32 Å². The summed E-state index contributed by atoms with van der Waals surface area (Å²) in [5.74, 6) is -1.37. The Morgan fingerprint density at radius 3 is 2.53 bits per heavy atom. The number of alkyl halides is 3. The fraction of sp³-hybridized carbons (Fsp3) is 0.462. The van der Waals surface area contributed by atoms with Crippen LogP contribution in [0.2, 0.25) is 0 Å². The lowest BCUT2D eigenvalue weighted by molar-refractivity contribution is -0.137. The second kappa shape index (κ2) is 4.43. The molecule has 0 aromatic heterocycles. The van der Waals surface area contributed by atoms with Gasteiger partial charge in [0.05, 0.1) is 11.1 Å². The van der Waals surface area contributed by atoms with Crippen LogP contribution in [0.1, 0.15) is 35.7 Å². The monoisotopic (exact) mass is 273 g/mol. The zero-order chi connectivity index (χ0) is 14.3. The topological polar surface area (TPSA) is 49.3 Å². The van der Waals surface area contributed by atoms with Gasteiger partial charge in [0.25, 0.3) is 0 Å². The lowest BCUT2D eigenvalue weighted by Crippen LogP contribution is -2.15. The summed E-state index contributed by atoms with van der Waals surface area (Å²) in [7, 11) is 0. The van der Waals surface area contributed by atoms with Crippen molar-refractivity contribution in [2.45, 2.75) is 25.9 Å². The molecule has 1 aliphatic rings. The molecule has 0 saturated heterocycles. The molecule has 19 heavy (non-hydrogen) atoms. The number of rotatable bonds is 4. The smallest absolute Gasteiger partial charge is 0.416 e. The lowest BCUT2D eigenvalue weighted by atomic mass is 10.1. The number of carboxylic acids is 1. The molecule has 6 heteroatoms. The van der Waals surface area contributed by atoms with E-state index in [9.17, 15) is 18.0 Å². The number of aromatic carboxylic acids is 1. The van der Waals surface area contributed by atoms with Gasteiger partial charge in [0.15, 0.2) is 0 Å². The van der Waals surface area contributed by atoms with Gasteiger partial charge in [0.1, 0.15) is 0 Å². The summed E-state index contributed by atoms with van der Waals surface area (Å²) < 4.78 is 37.6. The van der Waals surface area contributed by atoms with Gasteiger partial charge in [-0.15, -0.1) is 0 Å². The van der Waals surface area contributed by atoms with Crippen molar-refractivity contribution in [3.05, 3.63) is 29.3 Å². The van der Waals surface area contributed by atoms with Crippen LogP contribution in [0.25, 0.3) is 0 Å². The van der Waals surface area contributed by atoms with Crippen LogP contribution < -0.4 is 5.32 Å². The van der Waals surface area contributed by atoms with E-state index < -0.39 is 17.7 Å². The van der Waals surface area contributed by atoms with Gasteiger partial charge < -0.3 is 10.4 Å². The molecule has 0 bridgehead atoms. The molecule has 3 nitrogen and oxygen atoms in total. The second-order valence-corrected chi connectivity index (χ2v) is 5.23. The van der Waals surface area contributed by atoms with E-state index in [0.717, 1.165) is 18.9 Å². The van der Waals surface area contributed by atoms with Gasteiger partial charge in [-0.05, 0) is 36.5 Å². The SMILES string of the molecule is CC1(CNc2ccc(C(F)(F)F)cc2C(=O)O)CC1. The van der Waals surface area contributed by atoms with Crippen LogP contribution in [0.3, 0.4) is 0 Å². The summed E-state index contributed by atoms with van der Waals surface area (Å²) in [6.07, 6.45) is -2.45. The molecule has 0 amide bonds. The van der Waals surface area contributed by atoms with E-state index >= 15 is 0 Å². The molecule has 1 fully saturated rings. The Bertz CT molecular complexity index is 507. The molecule has 1 aliphatic carbocycles. The van der Waals surface area contributed by atoms with Crippen molar-refractivity contribution in [3.8, 4) is 0 Å². The number of anilines is 1. The first-order chi connectivity index (χ1) is 8.71.